The molecule has 0 aliphatic rings. The summed E-state index contributed by atoms with van der Waals surface area (Å²) < 4.78 is 16.1. The van der Waals surface area contributed by atoms with E-state index in [1.54, 1.807) is 27.6 Å². The first-order chi connectivity index (χ1) is 7.24. The second kappa shape index (κ2) is 5.66. The fraction of sp³-hybridized carbons (Fsp3) is 0.273. The summed E-state index contributed by atoms with van der Waals surface area (Å²) in [5, 5.41) is 0. The molecule has 0 amide bonds. The van der Waals surface area contributed by atoms with Crippen molar-refractivity contribution in [3.8, 4) is 11.5 Å². The molecule has 0 unspecified atom stereocenters. The number of hydrogen-bond donors (Lipinski definition) is 0. The zero-order valence-electron chi connectivity index (χ0n) is 8.91. The molecule has 0 fully saturated rings. The van der Waals surface area contributed by atoms with Gasteiger partial charge in [0.2, 0.25) is 0 Å². The average molecular weight is 273 g/mol. The molecule has 0 aliphatic heterocycles. The van der Waals surface area contributed by atoms with E-state index in [1.807, 2.05) is 18.2 Å². The fourth-order valence-electron chi connectivity index (χ4n) is 1.17. The number of benzene rings is 1. The third kappa shape index (κ3) is 2.65. The lowest BCUT2D eigenvalue weighted by Crippen LogP contribution is -1.92. The number of methoxy groups -OCH3 is 3. The summed E-state index contributed by atoms with van der Waals surface area (Å²) in [7, 11) is 4.81. The normalized spacial score (nSPS) is 10.4. The lowest BCUT2D eigenvalue weighted by molar-refractivity contribution is 0.341. The molecule has 4 heteroatoms. The summed E-state index contributed by atoms with van der Waals surface area (Å²) >= 11 is 3.45. The maximum Gasteiger partial charge on any atom is 0.175 e. The molecule has 0 spiro atoms. The second-order valence-corrected chi connectivity index (χ2v) is 3.54. The van der Waals surface area contributed by atoms with Crippen LogP contribution in [0.4, 0.5) is 0 Å². The van der Waals surface area contributed by atoms with Crippen molar-refractivity contribution in [3.05, 3.63) is 28.4 Å². The molecule has 0 bridgehead atoms. The zero-order chi connectivity index (χ0) is 11.3. The number of halogens is 1. The molecule has 0 saturated carbocycles. The predicted octanol–water partition coefficient (Wildman–Crippen LogP) is 3.08. The van der Waals surface area contributed by atoms with E-state index in [2.05, 4.69) is 15.9 Å². The minimum Gasteiger partial charge on any atom is -0.504 e. The molecule has 1 aromatic rings. The molecule has 0 atom stereocenters. The monoisotopic (exact) mass is 272 g/mol. The van der Waals surface area contributed by atoms with Crippen LogP contribution in [0.2, 0.25) is 0 Å². The Morgan fingerprint density at radius 3 is 2.40 bits per heavy atom. The van der Waals surface area contributed by atoms with E-state index in [9.17, 15) is 0 Å². The van der Waals surface area contributed by atoms with E-state index in [4.69, 9.17) is 14.2 Å². The first-order valence-electron chi connectivity index (χ1n) is 4.34. The molecule has 0 heterocycles. The van der Waals surface area contributed by atoms with Gasteiger partial charge in [0, 0.05) is 0 Å². The van der Waals surface area contributed by atoms with Gasteiger partial charge in [-0.15, -0.1) is 0 Å². The molecule has 0 saturated heterocycles. The molecular weight excluding hydrogens is 260 g/mol. The summed E-state index contributed by atoms with van der Waals surface area (Å²) in [6, 6.07) is 3.76. The van der Waals surface area contributed by atoms with E-state index < -0.39 is 0 Å². The van der Waals surface area contributed by atoms with Crippen LogP contribution in [0.3, 0.4) is 0 Å². The van der Waals surface area contributed by atoms with E-state index in [-0.39, 0.29) is 0 Å². The van der Waals surface area contributed by atoms with Crippen LogP contribution in [0.25, 0.3) is 6.08 Å². The third-order valence-electron chi connectivity index (χ3n) is 1.90. The van der Waals surface area contributed by atoms with Crippen molar-refractivity contribution in [2.45, 2.75) is 0 Å². The van der Waals surface area contributed by atoms with Gasteiger partial charge in [-0.2, -0.15) is 0 Å². The van der Waals surface area contributed by atoms with Gasteiger partial charge in [-0.25, -0.2) is 0 Å². The Hall–Kier alpha value is -1.16. The molecule has 1 aromatic carbocycles. The van der Waals surface area contributed by atoms with Crippen LogP contribution in [0.1, 0.15) is 5.56 Å². The van der Waals surface area contributed by atoms with Crippen molar-refractivity contribution in [2.75, 3.05) is 21.3 Å². The maximum absolute atomic E-state index is 5.24. The van der Waals surface area contributed by atoms with Gasteiger partial charge in [0.25, 0.3) is 0 Å². The first-order valence-corrected chi connectivity index (χ1v) is 5.13. The Balaban J connectivity index is 3.17. The van der Waals surface area contributed by atoms with Gasteiger partial charge >= 0.3 is 0 Å². The lowest BCUT2D eigenvalue weighted by atomic mass is 10.2. The van der Waals surface area contributed by atoms with Gasteiger partial charge in [0.15, 0.2) is 11.5 Å². The van der Waals surface area contributed by atoms with Crippen molar-refractivity contribution in [1.82, 2.24) is 0 Å². The summed E-state index contributed by atoms with van der Waals surface area (Å²) in [4.78, 5) is 0. The second-order valence-electron chi connectivity index (χ2n) is 2.74. The minimum absolute atomic E-state index is 0.677. The molecule has 0 radical (unpaired) electrons. The van der Waals surface area contributed by atoms with Crippen LogP contribution < -0.4 is 9.47 Å². The van der Waals surface area contributed by atoms with Gasteiger partial charge in [0.1, 0.15) is 0 Å². The third-order valence-corrected chi connectivity index (χ3v) is 2.72. The van der Waals surface area contributed by atoms with Gasteiger partial charge in [-0.05, 0) is 39.7 Å². The number of rotatable bonds is 4. The van der Waals surface area contributed by atoms with Crippen molar-refractivity contribution >= 4 is 22.0 Å². The van der Waals surface area contributed by atoms with Crippen molar-refractivity contribution in [1.29, 1.82) is 0 Å². The van der Waals surface area contributed by atoms with Crippen LogP contribution in [0.15, 0.2) is 22.9 Å². The van der Waals surface area contributed by atoms with Crippen LogP contribution in [-0.4, -0.2) is 21.3 Å². The van der Waals surface area contributed by atoms with Crippen LogP contribution >= 0.6 is 15.9 Å². The Kier molecular flexibility index (Phi) is 4.49. The summed E-state index contributed by atoms with van der Waals surface area (Å²) in [6.45, 7) is 0. The maximum atomic E-state index is 5.24. The van der Waals surface area contributed by atoms with Crippen LogP contribution in [-0.2, 0) is 4.74 Å². The predicted molar refractivity (Wildman–Crippen MR) is 63.3 cm³/mol. The van der Waals surface area contributed by atoms with Gasteiger partial charge in [-0.1, -0.05) is 0 Å². The van der Waals surface area contributed by atoms with Crippen LogP contribution in [0.5, 0.6) is 11.5 Å². The van der Waals surface area contributed by atoms with Crippen molar-refractivity contribution in [3.63, 3.8) is 0 Å². The molecule has 15 heavy (non-hydrogen) atoms. The highest BCUT2D eigenvalue weighted by molar-refractivity contribution is 9.10. The smallest absolute Gasteiger partial charge is 0.175 e. The number of hydrogen-bond acceptors (Lipinski definition) is 3. The molecule has 0 aromatic heterocycles. The summed E-state index contributed by atoms with van der Waals surface area (Å²) in [5.74, 6) is 1.37. The van der Waals surface area contributed by atoms with E-state index in [1.165, 1.54) is 0 Å². The Morgan fingerprint density at radius 1 is 1.13 bits per heavy atom. The summed E-state index contributed by atoms with van der Waals surface area (Å²) in [5.41, 5.74) is 0.967. The molecular formula is C11H13BrO3. The molecule has 1 rings (SSSR count). The highest BCUT2D eigenvalue weighted by atomic mass is 79.9. The molecule has 0 N–H and O–H groups in total. The first kappa shape index (κ1) is 11.9. The minimum atomic E-state index is 0.677. The van der Waals surface area contributed by atoms with Crippen molar-refractivity contribution in [2.24, 2.45) is 0 Å². The fourth-order valence-corrected chi connectivity index (χ4v) is 1.80. The number of ether oxygens (including phenoxy) is 3. The zero-order valence-corrected chi connectivity index (χ0v) is 10.5. The van der Waals surface area contributed by atoms with Crippen molar-refractivity contribution < 1.29 is 14.2 Å². The van der Waals surface area contributed by atoms with E-state index >= 15 is 0 Å². The standard InChI is InChI=1S/C11H13BrO3/c1-13-7-6-8-4-5-9(14-2)11(15-3)10(8)12/h4-7H,1-3H3/b7-6+. The Bertz CT molecular complexity index is 361. The molecule has 82 valence electrons. The molecule has 0 aliphatic carbocycles. The largest absolute Gasteiger partial charge is 0.504 e. The Morgan fingerprint density at radius 2 is 1.87 bits per heavy atom. The average Bonchev–Trinajstić information content (AvgIpc) is 2.27. The van der Waals surface area contributed by atoms with Crippen LogP contribution in [0, 0.1) is 0 Å². The summed E-state index contributed by atoms with van der Waals surface area (Å²) in [6.07, 6.45) is 3.44. The van der Waals surface area contributed by atoms with Gasteiger partial charge in [0.05, 0.1) is 32.1 Å². The van der Waals surface area contributed by atoms with E-state index in [0.717, 1.165) is 10.0 Å². The van der Waals surface area contributed by atoms with Gasteiger partial charge < -0.3 is 14.2 Å². The highest BCUT2D eigenvalue weighted by Crippen LogP contribution is 2.37. The molecule has 3 nitrogen and oxygen atoms in total. The highest BCUT2D eigenvalue weighted by Gasteiger charge is 2.10. The topological polar surface area (TPSA) is 27.7 Å². The van der Waals surface area contributed by atoms with E-state index in [0.29, 0.717) is 11.5 Å². The Labute approximate surface area is 97.8 Å². The quantitative estimate of drug-likeness (QED) is 0.789. The van der Waals surface area contributed by atoms with Gasteiger partial charge in [-0.3, -0.25) is 0 Å². The lowest BCUT2D eigenvalue weighted by Gasteiger charge is -2.10. The SMILES string of the molecule is CO/C=C/c1ccc(OC)c(OC)c1Br.